The summed E-state index contributed by atoms with van der Waals surface area (Å²) in [5, 5.41) is 14.7. The minimum absolute atomic E-state index is 0.0511. The summed E-state index contributed by atoms with van der Waals surface area (Å²) in [4.78, 5) is 22.8. The van der Waals surface area contributed by atoms with Gasteiger partial charge in [-0.25, -0.2) is 4.79 Å². The second kappa shape index (κ2) is 7.45. The molecule has 2 amide bonds. The lowest BCUT2D eigenvalue weighted by Gasteiger charge is -2.27. The average Bonchev–Trinajstić information content (AvgIpc) is 2.47. The minimum atomic E-state index is -0.767. The van der Waals surface area contributed by atoms with Crippen molar-refractivity contribution in [2.45, 2.75) is 38.3 Å². The molecule has 0 spiro atoms. The Hall–Kier alpha value is -1.56. The highest BCUT2D eigenvalue weighted by molar-refractivity contribution is 9.10. The van der Waals surface area contributed by atoms with E-state index in [-0.39, 0.29) is 18.0 Å². The van der Waals surface area contributed by atoms with Crippen LogP contribution in [0.15, 0.2) is 28.7 Å². The molecular formula is C15H19BrN2O3. The number of hydrogen-bond acceptors (Lipinski definition) is 2. The SMILES string of the molecule is O=C(NCc1ccc(Br)cc1)NC1CCCC(C(=O)O)C1. The molecule has 0 aliphatic heterocycles. The molecule has 0 heterocycles. The van der Waals surface area contributed by atoms with Gasteiger partial charge in [0.05, 0.1) is 5.92 Å². The number of carboxylic acid groups (broad SMARTS) is 1. The Kier molecular flexibility index (Phi) is 5.61. The Balaban J connectivity index is 1.76. The van der Waals surface area contributed by atoms with E-state index < -0.39 is 5.97 Å². The Morgan fingerprint density at radius 3 is 2.62 bits per heavy atom. The molecular weight excluding hydrogens is 336 g/mol. The third-order valence-electron chi connectivity index (χ3n) is 3.72. The van der Waals surface area contributed by atoms with E-state index in [9.17, 15) is 9.59 Å². The highest BCUT2D eigenvalue weighted by Crippen LogP contribution is 2.24. The molecule has 0 aromatic heterocycles. The molecule has 2 rings (SSSR count). The van der Waals surface area contributed by atoms with Gasteiger partial charge in [0.1, 0.15) is 0 Å². The number of halogens is 1. The lowest BCUT2D eigenvalue weighted by atomic mass is 9.86. The quantitative estimate of drug-likeness (QED) is 0.777. The van der Waals surface area contributed by atoms with Gasteiger partial charge in [-0.05, 0) is 37.0 Å². The minimum Gasteiger partial charge on any atom is -0.481 e. The fourth-order valence-corrected chi connectivity index (χ4v) is 2.83. The van der Waals surface area contributed by atoms with Crippen molar-refractivity contribution in [1.82, 2.24) is 10.6 Å². The van der Waals surface area contributed by atoms with E-state index in [0.29, 0.717) is 19.4 Å². The van der Waals surface area contributed by atoms with E-state index in [0.717, 1.165) is 22.9 Å². The molecule has 0 bridgehead atoms. The predicted octanol–water partition coefficient (Wildman–Crippen LogP) is 2.89. The molecule has 21 heavy (non-hydrogen) atoms. The third-order valence-corrected chi connectivity index (χ3v) is 4.25. The van der Waals surface area contributed by atoms with E-state index in [1.165, 1.54) is 0 Å². The zero-order chi connectivity index (χ0) is 15.2. The fourth-order valence-electron chi connectivity index (χ4n) is 2.57. The first kappa shape index (κ1) is 15.8. The number of urea groups is 1. The number of aliphatic carboxylic acids is 1. The van der Waals surface area contributed by atoms with E-state index in [2.05, 4.69) is 26.6 Å². The van der Waals surface area contributed by atoms with Crippen molar-refractivity contribution in [3.05, 3.63) is 34.3 Å². The van der Waals surface area contributed by atoms with Crippen LogP contribution in [0, 0.1) is 5.92 Å². The van der Waals surface area contributed by atoms with Crippen molar-refractivity contribution in [3.63, 3.8) is 0 Å². The van der Waals surface area contributed by atoms with Crippen LogP contribution in [0.3, 0.4) is 0 Å². The van der Waals surface area contributed by atoms with E-state index in [1.54, 1.807) is 0 Å². The smallest absolute Gasteiger partial charge is 0.315 e. The molecule has 6 heteroatoms. The topological polar surface area (TPSA) is 78.4 Å². The number of carboxylic acids is 1. The van der Waals surface area contributed by atoms with Crippen molar-refractivity contribution < 1.29 is 14.7 Å². The molecule has 1 aromatic carbocycles. The van der Waals surface area contributed by atoms with Crippen molar-refractivity contribution >= 4 is 27.9 Å². The first-order valence-corrected chi connectivity index (χ1v) is 7.85. The van der Waals surface area contributed by atoms with Gasteiger partial charge in [-0.1, -0.05) is 34.5 Å². The standard InChI is InChI=1S/C15H19BrN2O3/c16-12-6-4-10(5-7-12)9-17-15(21)18-13-3-1-2-11(8-13)14(19)20/h4-7,11,13H,1-3,8-9H2,(H,19,20)(H2,17,18,21). The summed E-state index contributed by atoms with van der Waals surface area (Å²) in [6.45, 7) is 0.453. The number of nitrogens with one attached hydrogen (secondary N) is 2. The molecule has 3 N–H and O–H groups in total. The first-order chi connectivity index (χ1) is 10.0. The van der Waals surface area contributed by atoms with Crippen molar-refractivity contribution in [2.24, 2.45) is 5.92 Å². The van der Waals surface area contributed by atoms with E-state index in [1.807, 2.05) is 24.3 Å². The normalized spacial score (nSPS) is 21.6. The molecule has 0 radical (unpaired) electrons. The van der Waals surface area contributed by atoms with E-state index in [4.69, 9.17) is 5.11 Å². The monoisotopic (exact) mass is 354 g/mol. The Bertz CT molecular complexity index is 504. The maximum Gasteiger partial charge on any atom is 0.315 e. The number of carbonyl (C=O) groups excluding carboxylic acids is 1. The predicted molar refractivity (Wildman–Crippen MR) is 82.9 cm³/mol. The molecule has 1 aliphatic carbocycles. The van der Waals surface area contributed by atoms with Gasteiger partial charge in [0.2, 0.25) is 0 Å². The highest BCUT2D eigenvalue weighted by Gasteiger charge is 2.27. The molecule has 1 fully saturated rings. The summed E-state index contributed by atoms with van der Waals surface area (Å²) in [5.74, 6) is -1.10. The average molecular weight is 355 g/mol. The van der Waals surface area contributed by atoms with Crippen LogP contribution in [0.25, 0.3) is 0 Å². The number of amides is 2. The van der Waals surface area contributed by atoms with Crippen LogP contribution >= 0.6 is 15.9 Å². The van der Waals surface area contributed by atoms with Gasteiger partial charge < -0.3 is 15.7 Å². The van der Waals surface area contributed by atoms with Gasteiger partial charge in [0, 0.05) is 17.1 Å². The maximum atomic E-state index is 11.8. The lowest BCUT2D eigenvalue weighted by molar-refractivity contribution is -0.143. The molecule has 2 atom stereocenters. The van der Waals surface area contributed by atoms with E-state index >= 15 is 0 Å². The van der Waals surface area contributed by atoms with Gasteiger partial charge in [0.15, 0.2) is 0 Å². The Morgan fingerprint density at radius 1 is 1.24 bits per heavy atom. The molecule has 2 unspecified atom stereocenters. The van der Waals surface area contributed by atoms with Crippen LogP contribution < -0.4 is 10.6 Å². The summed E-state index contributed by atoms with van der Waals surface area (Å²) >= 11 is 3.36. The molecule has 5 nitrogen and oxygen atoms in total. The van der Waals surface area contributed by atoms with Crippen molar-refractivity contribution in [2.75, 3.05) is 0 Å². The highest BCUT2D eigenvalue weighted by atomic mass is 79.9. The Morgan fingerprint density at radius 2 is 1.95 bits per heavy atom. The van der Waals surface area contributed by atoms with Crippen molar-refractivity contribution in [1.29, 1.82) is 0 Å². The summed E-state index contributed by atoms with van der Waals surface area (Å²) < 4.78 is 0.998. The zero-order valence-electron chi connectivity index (χ0n) is 11.6. The molecule has 0 saturated heterocycles. The van der Waals surface area contributed by atoms with Gasteiger partial charge in [0.25, 0.3) is 0 Å². The number of rotatable bonds is 4. The van der Waals surface area contributed by atoms with Gasteiger partial charge in [-0.2, -0.15) is 0 Å². The largest absolute Gasteiger partial charge is 0.481 e. The van der Waals surface area contributed by atoms with Crippen LogP contribution in [0.5, 0.6) is 0 Å². The summed E-state index contributed by atoms with van der Waals surface area (Å²) in [6.07, 6.45) is 2.90. The first-order valence-electron chi connectivity index (χ1n) is 7.06. The number of benzene rings is 1. The maximum absolute atomic E-state index is 11.8. The van der Waals surface area contributed by atoms with Crippen LogP contribution in [0.4, 0.5) is 4.79 Å². The number of hydrogen-bond donors (Lipinski definition) is 3. The van der Waals surface area contributed by atoms with Crippen LogP contribution in [0.1, 0.15) is 31.2 Å². The number of carbonyl (C=O) groups is 2. The van der Waals surface area contributed by atoms with Gasteiger partial charge >= 0.3 is 12.0 Å². The van der Waals surface area contributed by atoms with Gasteiger partial charge in [-0.15, -0.1) is 0 Å². The molecule has 114 valence electrons. The summed E-state index contributed by atoms with van der Waals surface area (Å²) in [7, 11) is 0. The summed E-state index contributed by atoms with van der Waals surface area (Å²) in [5.41, 5.74) is 1.01. The van der Waals surface area contributed by atoms with Crippen LogP contribution in [-0.4, -0.2) is 23.1 Å². The Labute approximate surface area is 132 Å². The third kappa shape index (κ3) is 5.04. The lowest BCUT2D eigenvalue weighted by Crippen LogP contribution is -2.44. The molecule has 1 saturated carbocycles. The molecule has 1 aliphatic rings. The van der Waals surface area contributed by atoms with Gasteiger partial charge in [-0.3, -0.25) is 4.79 Å². The fraction of sp³-hybridized carbons (Fsp3) is 0.467. The van der Waals surface area contributed by atoms with Crippen LogP contribution in [0.2, 0.25) is 0 Å². The summed E-state index contributed by atoms with van der Waals surface area (Å²) in [6, 6.07) is 7.43. The van der Waals surface area contributed by atoms with Crippen molar-refractivity contribution in [3.8, 4) is 0 Å². The molecule has 1 aromatic rings. The zero-order valence-corrected chi connectivity index (χ0v) is 13.2. The van der Waals surface area contributed by atoms with Crippen LogP contribution in [-0.2, 0) is 11.3 Å². The second-order valence-corrected chi connectivity index (χ2v) is 6.27. The second-order valence-electron chi connectivity index (χ2n) is 5.35.